The van der Waals surface area contributed by atoms with Crippen molar-refractivity contribution >= 4 is 0 Å². The average molecular weight is 178 g/mol. The second kappa shape index (κ2) is 2.80. The molecule has 3 atom stereocenters. The number of rotatable bonds is 1. The van der Waals surface area contributed by atoms with Crippen molar-refractivity contribution in [3.63, 3.8) is 0 Å². The molecule has 0 aliphatic carbocycles. The quantitative estimate of drug-likeness (QED) is 0.482. The summed E-state index contributed by atoms with van der Waals surface area (Å²) in [6.07, 6.45) is 0.412. The Balaban J connectivity index is 1.85. The number of hydrogen-bond acceptors (Lipinski definition) is 3. The summed E-state index contributed by atoms with van der Waals surface area (Å²) in [5.74, 6) is 0. The zero-order valence-corrected chi connectivity index (χ0v) is 7.05. The molecule has 2 aliphatic heterocycles. The molecule has 3 heteroatoms. The zero-order valence-electron chi connectivity index (χ0n) is 7.05. The lowest BCUT2D eigenvalue weighted by atomic mass is 10.0. The van der Waals surface area contributed by atoms with Crippen molar-refractivity contribution < 1.29 is 14.5 Å². The Bertz CT molecular complexity index is 298. The molecule has 2 heterocycles. The summed E-state index contributed by atoms with van der Waals surface area (Å²) >= 11 is 0. The fraction of sp³-hybridized carbons (Fsp3) is 0.400. The van der Waals surface area contributed by atoms with Crippen molar-refractivity contribution in [2.75, 3.05) is 6.61 Å². The van der Waals surface area contributed by atoms with Gasteiger partial charge in [-0.25, -0.2) is 9.78 Å². The first-order valence-corrected chi connectivity index (χ1v) is 4.44. The van der Waals surface area contributed by atoms with E-state index >= 15 is 0 Å². The van der Waals surface area contributed by atoms with Gasteiger partial charge in [-0.15, -0.1) is 0 Å². The van der Waals surface area contributed by atoms with E-state index in [0.717, 1.165) is 5.56 Å². The molecule has 2 aliphatic rings. The molecular weight excluding hydrogens is 168 g/mol. The van der Waals surface area contributed by atoms with Crippen LogP contribution < -0.4 is 0 Å². The van der Waals surface area contributed by atoms with Crippen molar-refractivity contribution in [3.8, 4) is 0 Å². The van der Waals surface area contributed by atoms with Gasteiger partial charge in [0.25, 0.3) is 0 Å². The molecule has 1 aromatic rings. The molecule has 1 aromatic carbocycles. The van der Waals surface area contributed by atoms with Gasteiger partial charge in [-0.2, -0.15) is 0 Å². The Morgan fingerprint density at radius 1 is 1.15 bits per heavy atom. The molecule has 2 saturated heterocycles. The van der Waals surface area contributed by atoms with Gasteiger partial charge in [-0.3, -0.25) is 0 Å². The molecule has 2 fully saturated rings. The van der Waals surface area contributed by atoms with Crippen molar-refractivity contribution in [1.29, 1.82) is 0 Å². The molecule has 0 saturated carbocycles. The first kappa shape index (κ1) is 7.50. The lowest BCUT2D eigenvalue weighted by molar-refractivity contribution is -0.339. The van der Waals surface area contributed by atoms with E-state index in [9.17, 15) is 0 Å². The minimum Gasteiger partial charge on any atom is -0.364 e. The van der Waals surface area contributed by atoms with Crippen molar-refractivity contribution in [3.05, 3.63) is 35.9 Å². The second-order valence-electron chi connectivity index (χ2n) is 3.35. The average Bonchev–Trinajstić information content (AvgIpc) is 2.97. The highest BCUT2D eigenvalue weighted by molar-refractivity contribution is 5.21. The van der Waals surface area contributed by atoms with E-state index in [0.29, 0.717) is 6.61 Å². The van der Waals surface area contributed by atoms with Gasteiger partial charge < -0.3 is 4.74 Å². The van der Waals surface area contributed by atoms with E-state index < -0.39 is 0 Å². The lowest BCUT2D eigenvalue weighted by Gasteiger charge is -2.17. The second-order valence-corrected chi connectivity index (χ2v) is 3.35. The van der Waals surface area contributed by atoms with Gasteiger partial charge >= 0.3 is 0 Å². The minimum atomic E-state index is -0.0417. The molecule has 0 aromatic heterocycles. The van der Waals surface area contributed by atoms with Crippen LogP contribution in [0.25, 0.3) is 0 Å². The smallest absolute Gasteiger partial charge is 0.147 e. The normalized spacial score (nSPS) is 36.8. The van der Waals surface area contributed by atoms with E-state index in [4.69, 9.17) is 14.5 Å². The summed E-state index contributed by atoms with van der Waals surface area (Å²) < 4.78 is 5.39. The third-order valence-electron chi connectivity index (χ3n) is 2.45. The van der Waals surface area contributed by atoms with Crippen LogP contribution in [-0.4, -0.2) is 18.8 Å². The van der Waals surface area contributed by atoms with E-state index in [-0.39, 0.29) is 18.3 Å². The van der Waals surface area contributed by atoms with Crippen LogP contribution in [-0.2, 0) is 14.5 Å². The Kier molecular flexibility index (Phi) is 1.62. The summed E-state index contributed by atoms with van der Waals surface area (Å²) in [5.41, 5.74) is 1.12. The maximum absolute atomic E-state index is 5.39. The topological polar surface area (TPSA) is 31.0 Å². The first-order chi connectivity index (χ1) is 6.45. The summed E-state index contributed by atoms with van der Waals surface area (Å²) in [4.78, 5) is 10.2. The number of benzene rings is 1. The Morgan fingerprint density at radius 2 is 2.00 bits per heavy atom. The standard InChI is InChI=1S/C10H10O3/c1-2-4-7(5-3-1)9-10-8(12-10)6-11-13-9/h1-5,8-10H,6H2/t8-,9+,10-/m1/s1. The maximum atomic E-state index is 5.39. The predicted octanol–water partition coefficient (Wildman–Crippen LogP) is 1.46. The van der Waals surface area contributed by atoms with Crippen molar-refractivity contribution in [2.24, 2.45) is 0 Å². The predicted molar refractivity (Wildman–Crippen MR) is 44.9 cm³/mol. The fourth-order valence-electron chi connectivity index (χ4n) is 1.68. The van der Waals surface area contributed by atoms with Crippen LogP contribution in [0.15, 0.2) is 30.3 Å². The van der Waals surface area contributed by atoms with E-state index in [1.165, 1.54) is 0 Å². The Hall–Kier alpha value is -0.900. The molecule has 3 rings (SSSR count). The molecule has 0 N–H and O–H groups in total. The third-order valence-corrected chi connectivity index (χ3v) is 2.45. The zero-order chi connectivity index (χ0) is 8.67. The van der Waals surface area contributed by atoms with E-state index in [2.05, 4.69) is 0 Å². The molecule has 0 bridgehead atoms. The largest absolute Gasteiger partial charge is 0.364 e. The SMILES string of the molecule is c1ccc([C@@H]2OOC[C@H]3O[C@H]32)cc1. The van der Waals surface area contributed by atoms with Crippen molar-refractivity contribution in [1.82, 2.24) is 0 Å². The van der Waals surface area contributed by atoms with Gasteiger partial charge in [0.05, 0.1) is 0 Å². The maximum Gasteiger partial charge on any atom is 0.147 e. The third kappa shape index (κ3) is 1.25. The lowest BCUT2D eigenvalue weighted by Crippen LogP contribution is -2.21. The Labute approximate surface area is 76.1 Å². The summed E-state index contributed by atoms with van der Waals surface area (Å²) in [7, 11) is 0. The van der Waals surface area contributed by atoms with Crippen LogP contribution in [0.5, 0.6) is 0 Å². The molecule has 0 spiro atoms. The van der Waals surface area contributed by atoms with E-state index in [1.54, 1.807) is 0 Å². The number of fused-ring (bicyclic) bond motifs is 1. The van der Waals surface area contributed by atoms with Gasteiger partial charge in [-0.05, 0) is 5.56 Å². The van der Waals surface area contributed by atoms with Crippen LogP contribution in [0.3, 0.4) is 0 Å². The fourth-order valence-corrected chi connectivity index (χ4v) is 1.68. The van der Waals surface area contributed by atoms with Gasteiger partial charge in [0.15, 0.2) is 0 Å². The molecule has 68 valence electrons. The summed E-state index contributed by atoms with van der Waals surface area (Å²) in [6.45, 7) is 0.563. The van der Waals surface area contributed by atoms with Gasteiger partial charge in [0.1, 0.15) is 24.9 Å². The van der Waals surface area contributed by atoms with Crippen molar-refractivity contribution in [2.45, 2.75) is 18.3 Å². The highest BCUT2D eigenvalue weighted by Gasteiger charge is 2.50. The number of hydrogen-bond donors (Lipinski definition) is 0. The molecule has 0 unspecified atom stereocenters. The van der Waals surface area contributed by atoms with Crippen LogP contribution in [0, 0.1) is 0 Å². The molecule has 0 radical (unpaired) electrons. The first-order valence-electron chi connectivity index (χ1n) is 4.44. The number of epoxide rings is 1. The minimum absolute atomic E-state index is 0.0417. The molecule has 0 amide bonds. The van der Waals surface area contributed by atoms with Gasteiger partial charge in [0, 0.05) is 0 Å². The Morgan fingerprint density at radius 3 is 2.85 bits per heavy atom. The molecular formula is C10H10O3. The molecule has 13 heavy (non-hydrogen) atoms. The summed E-state index contributed by atoms with van der Waals surface area (Å²) in [6, 6.07) is 10.0. The van der Waals surface area contributed by atoms with E-state index in [1.807, 2.05) is 30.3 Å². The van der Waals surface area contributed by atoms with Gasteiger partial charge in [-0.1, -0.05) is 30.3 Å². The summed E-state index contributed by atoms with van der Waals surface area (Å²) in [5, 5.41) is 0. The highest BCUT2D eigenvalue weighted by Crippen LogP contribution is 2.40. The molecule has 3 nitrogen and oxygen atoms in total. The van der Waals surface area contributed by atoms with Crippen LogP contribution in [0.2, 0.25) is 0 Å². The highest BCUT2D eigenvalue weighted by atomic mass is 17.2. The van der Waals surface area contributed by atoms with Crippen LogP contribution in [0.1, 0.15) is 11.7 Å². The van der Waals surface area contributed by atoms with Crippen LogP contribution >= 0.6 is 0 Å². The monoisotopic (exact) mass is 178 g/mol. The van der Waals surface area contributed by atoms with Crippen LogP contribution in [0.4, 0.5) is 0 Å². The number of ether oxygens (including phenoxy) is 1. The van der Waals surface area contributed by atoms with Gasteiger partial charge in [0.2, 0.25) is 0 Å².